The number of hydrogen-bond acceptors (Lipinski definition) is 4. The second-order valence-electron chi connectivity index (χ2n) is 4.34. The second kappa shape index (κ2) is 5.29. The van der Waals surface area contributed by atoms with Crippen molar-refractivity contribution in [3.63, 3.8) is 0 Å². The van der Waals surface area contributed by atoms with E-state index in [4.69, 9.17) is 5.26 Å². The van der Waals surface area contributed by atoms with E-state index in [1.54, 1.807) is 0 Å². The molecule has 0 spiro atoms. The van der Waals surface area contributed by atoms with Crippen LogP contribution < -0.4 is 5.32 Å². The number of halogens is 1. The number of rotatable bonds is 2. The Morgan fingerprint density at radius 3 is 2.61 bits per heavy atom. The van der Waals surface area contributed by atoms with E-state index in [2.05, 4.69) is 27.3 Å². The summed E-state index contributed by atoms with van der Waals surface area (Å²) in [7, 11) is -2.85. The van der Waals surface area contributed by atoms with Gasteiger partial charge in [0.05, 0.1) is 22.8 Å². The Morgan fingerprint density at radius 2 is 2.00 bits per heavy atom. The Hall–Kier alpha value is -1.06. The van der Waals surface area contributed by atoms with Crippen LogP contribution in [0.3, 0.4) is 0 Å². The maximum absolute atomic E-state index is 11.3. The lowest BCUT2D eigenvalue weighted by molar-refractivity contribution is 0.559. The highest BCUT2D eigenvalue weighted by molar-refractivity contribution is 9.10. The van der Waals surface area contributed by atoms with Gasteiger partial charge in [0.1, 0.15) is 15.9 Å². The largest absolute Gasteiger partial charge is 0.381 e. The minimum absolute atomic E-state index is 0.120. The first-order chi connectivity index (χ1) is 8.52. The zero-order valence-corrected chi connectivity index (χ0v) is 12.1. The molecule has 1 saturated heterocycles. The number of anilines is 1. The molecular formula is C12H13BrN2O2S. The SMILES string of the molecule is N#Cc1c(Br)cccc1NC1CCS(=O)(=O)CC1. The van der Waals surface area contributed by atoms with E-state index in [-0.39, 0.29) is 17.5 Å². The molecule has 2 rings (SSSR count). The number of benzene rings is 1. The maximum Gasteiger partial charge on any atom is 0.150 e. The summed E-state index contributed by atoms with van der Waals surface area (Å²) in [4.78, 5) is 0. The van der Waals surface area contributed by atoms with Crippen molar-refractivity contribution in [3.8, 4) is 6.07 Å². The number of nitrogens with one attached hydrogen (secondary N) is 1. The lowest BCUT2D eigenvalue weighted by atomic mass is 10.1. The molecule has 6 heteroatoms. The van der Waals surface area contributed by atoms with E-state index < -0.39 is 9.84 Å². The highest BCUT2D eigenvalue weighted by Crippen LogP contribution is 2.26. The van der Waals surface area contributed by atoms with E-state index in [0.717, 1.165) is 10.2 Å². The molecule has 0 radical (unpaired) electrons. The lowest BCUT2D eigenvalue weighted by Crippen LogP contribution is -2.32. The van der Waals surface area contributed by atoms with E-state index in [0.29, 0.717) is 18.4 Å². The first kappa shape index (κ1) is 13.4. The van der Waals surface area contributed by atoms with Crippen molar-refractivity contribution in [1.29, 1.82) is 5.26 Å². The van der Waals surface area contributed by atoms with E-state index in [1.165, 1.54) is 0 Å². The molecule has 0 unspecified atom stereocenters. The lowest BCUT2D eigenvalue weighted by Gasteiger charge is -2.24. The van der Waals surface area contributed by atoms with Gasteiger partial charge in [-0.3, -0.25) is 0 Å². The minimum Gasteiger partial charge on any atom is -0.381 e. The fourth-order valence-corrected chi connectivity index (χ4v) is 3.96. The van der Waals surface area contributed by atoms with Crippen LogP contribution in [-0.4, -0.2) is 26.0 Å². The predicted molar refractivity (Wildman–Crippen MR) is 74.2 cm³/mol. The van der Waals surface area contributed by atoms with Gasteiger partial charge in [-0.25, -0.2) is 8.42 Å². The van der Waals surface area contributed by atoms with Crippen LogP contribution in [0.1, 0.15) is 18.4 Å². The summed E-state index contributed by atoms with van der Waals surface area (Å²) in [5.74, 6) is 0.446. The van der Waals surface area contributed by atoms with Gasteiger partial charge in [-0.1, -0.05) is 6.07 Å². The molecule has 0 atom stereocenters. The van der Waals surface area contributed by atoms with Crippen molar-refractivity contribution < 1.29 is 8.42 Å². The summed E-state index contributed by atoms with van der Waals surface area (Å²) in [6.45, 7) is 0. The number of nitriles is 1. The Bertz CT molecular complexity index is 579. The van der Waals surface area contributed by atoms with Crippen LogP contribution >= 0.6 is 15.9 Å². The van der Waals surface area contributed by atoms with Crippen molar-refractivity contribution in [3.05, 3.63) is 28.2 Å². The summed E-state index contributed by atoms with van der Waals surface area (Å²) in [6, 6.07) is 7.77. The Morgan fingerprint density at radius 1 is 1.33 bits per heavy atom. The molecule has 1 aromatic carbocycles. The van der Waals surface area contributed by atoms with Gasteiger partial charge in [0.2, 0.25) is 0 Å². The summed E-state index contributed by atoms with van der Waals surface area (Å²) >= 11 is 3.33. The van der Waals surface area contributed by atoms with Gasteiger partial charge in [0.15, 0.2) is 0 Å². The zero-order chi connectivity index (χ0) is 13.2. The fourth-order valence-electron chi connectivity index (χ4n) is 2.01. The van der Waals surface area contributed by atoms with Crippen molar-refractivity contribution in [2.24, 2.45) is 0 Å². The molecule has 1 aliphatic rings. The average molecular weight is 329 g/mol. The van der Waals surface area contributed by atoms with Crippen LogP contribution in [-0.2, 0) is 9.84 Å². The molecule has 0 saturated carbocycles. The van der Waals surface area contributed by atoms with Crippen molar-refractivity contribution in [2.75, 3.05) is 16.8 Å². The molecule has 96 valence electrons. The van der Waals surface area contributed by atoms with Gasteiger partial charge in [-0.15, -0.1) is 0 Å². The summed E-state index contributed by atoms with van der Waals surface area (Å²) in [6.07, 6.45) is 1.19. The summed E-state index contributed by atoms with van der Waals surface area (Å²) in [5, 5.41) is 12.4. The molecule has 1 N–H and O–H groups in total. The van der Waals surface area contributed by atoms with Gasteiger partial charge < -0.3 is 5.32 Å². The first-order valence-corrected chi connectivity index (χ1v) is 8.29. The number of sulfone groups is 1. The molecule has 0 aliphatic carbocycles. The van der Waals surface area contributed by atoms with Gasteiger partial charge >= 0.3 is 0 Å². The zero-order valence-electron chi connectivity index (χ0n) is 9.69. The highest BCUT2D eigenvalue weighted by Gasteiger charge is 2.24. The normalized spacial score (nSPS) is 19.1. The van der Waals surface area contributed by atoms with Crippen LogP contribution in [0.4, 0.5) is 5.69 Å². The molecular weight excluding hydrogens is 316 g/mol. The molecule has 0 bridgehead atoms. The third-order valence-electron chi connectivity index (χ3n) is 3.04. The fraction of sp³-hybridized carbons (Fsp3) is 0.417. The van der Waals surface area contributed by atoms with Crippen LogP contribution in [0.2, 0.25) is 0 Å². The van der Waals surface area contributed by atoms with Crippen molar-refractivity contribution in [1.82, 2.24) is 0 Å². The van der Waals surface area contributed by atoms with E-state index >= 15 is 0 Å². The first-order valence-electron chi connectivity index (χ1n) is 5.67. The van der Waals surface area contributed by atoms with Gasteiger partial charge in [-0.2, -0.15) is 5.26 Å². The predicted octanol–water partition coefficient (Wildman–Crippen LogP) is 2.31. The smallest absolute Gasteiger partial charge is 0.150 e. The highest BCUT2D eigenvalue weighted by atomic mass is 79.9. The van der Waals surface area contributed by atoms with Crippen LogP contribution in [0.15, 0.2) is 22.7 Å². The molecule has 1 heterocycles. The van der Waals surface area contributed by atoms with Crippen LogP contribution in [0.25, 0.3) is 0 Å². The minimum atomic E-state index is -2.85. The standard InChI is InChI=1S/C12H13BrN2O2S/c13-11-2-1-3-12(10(11)8-14)15-9-4-6-18(16,17)7-5-9/h1-3,9,15H,4-7H2. The Balaban J connectivity index is 2.12. The van der Waals surface area contributed by atoms with Crippen molar-refractivity contribution in [2.45, 2.75) is 18.9 Å². The molecule has 18 heavy (non-hydrogen) atoms. The third-order valence-corrected chi connectivity index (χ3v) is 5.42. The number of nitrogens with zero attached hydrogens (tertiary/aromatic N) is 1. The maximum atomic E-state index is 11.3. The average Bonchev–Trinajstić information content (AvgIpc) is 2.32. The summed E-state index contributed by atoms with van der Waals surface area (Å²) < 4.78 is 23.4. The second-order valence-corrected chi connectivity index (χ2v) is 7.50. The Labute approximate surface area is 115 Å². The van der Waals surface area contributed by atoms with Crippen LogP contribution in [0.5, 0.6) is 0 Å². The van der Waals surface area contributed by atoms with E-state index in [1.807, 2.05) is 18.2 Å². The Kier molecular flexibility index (Phi) is 3.93. The monoisotopic (exact) mass is 328 g/mol. The topological polar surface area (TPSA) is 70.0 Å². The van der Waals surface area contributed by atoms with Gasteiger partial charge in [0, 0.05) is 10.5 Å². The quantitative estimate of drug-likeness (QED) is 0.904. The third kappa shape index (κ3) is 3.03. The van der Waals surface area contributed by atoms with Gasteiger partial charge in [0.25, 0.3) is 0 Å². The number of hydrogen-bond donors (Lipinski definition) is 1. The molecule has 0 amide bonds. The molecule has 1 fully saturated rings. The van der Waals surface area contributed by atoms with Gasteiger partial charge in [-0.05, 0) is 40.9 Å². The molecule has 1 aliphatic heterocycles. The molecule has 4 nitrogen and oxygen atoms in total. The molecule has 0 aromatic heterocycles. The van der Waals surface area contributed by atoms with E-state index in [9.17, 15) is 8.42 Å². The van der Waals surface area contributed by atoms with Crippen molar-refractivity contribution >= 4 is 31.5 Å². The van der Waals surface area contributed by atoms with Crippen LogP contribution in [0, 0.1) is 11.3 Å². The summed E-state index contributed by atoms with van der Waals surface area (Å²) in [5.41, 5.74) is 1.32. The molecule has 1 aromatic rings.